The smallest absolute Gasteiger partial charge is 0.330 e. The van der Waals surface area contributed by atoms with Gasteiger partial charge in [-0.2, -0.15) is 0 Å². The summed E-state index contributed by atoms with van der Waals surface area (Å²) in [4.78, 5) is 26.5. The van der Waals surface area contributed by atoms with Crippen molar-refractivity contribution in [3.8, 4) is 0 Å². The van der Waals surface area contributed by atoms with Crippen LogP contribution in [0.1, 0.15) is 13.8 Å². The quantitative estimate of drug-likeness (QED) is 0.524. The topological polar surface area (TPSA) is 55.8 Å². The summed E-state index contributed by atoms with van der Waals surface area (Å²) in [5, 5.41) is 0. The minimum atomic E-state index is -1.33. The molecule has 0 aromatic heterocycles. The number of hydrogen-bond acceptors (Lipinski definition) is 4. The van der Waals surface area contributed by atoms with Crippen molar-refractivity contribution in [3.63, 3.8) is 0 Å². The number of carbonyl (C=O) groups excluding carboxylic acids is 2. The molecule has 0 bridgehead atoms. The third-order valence-electron chi connectivity index (χ3n) is 3.87. The molecule has 2 heterocycles. The number of carbonyl (C=O) groups is 2. The van der Waals surface area contributed by atoms with Crippen LogP contribution >= 0.6 is 0 Å². The van der Waals surface area contributed by atoms with Crippen LogP contribution in [0.4, 0.5) is 0 Å². The SMILES string of the molecule is COC(=O)C12C=CC=CC1=C1COC(C)(C)N1C2=O. The van der Waals surface area contributed by atoms with Crippen molar-refractivity contribution < 1.29 is 19.1 Å². The fourth-order valence-electron chi connectivity index (χ4n) is 2.95. The van der Waals surface area contributed by atoms with Crippen LogP contribution in [-0.2, 0) is 19.1 Å². The van der Waals surface area contributed by atoms with Gasteiger partial charge in [0.2, 0.25) is 0 Å². The monoisotopic (exact) mass is 261 g/mol. The molecule has 0 saturated carbocycles. The maximum atomic E-state index is 12.8. The first kappa shape index (κ1) is 12.2. The van der Waals surface area contributed by atoms with Gasteiger partial charge in [-0.25, -0.2) is 0 Å². The lowest BCUT2D eigenvalue weighted by atomic mass is 9.77. The van der Waals surface area contributed by atoms with E-state index in [1.165, 1.54) is 7.11 Å². The summed E-state index contributed by atoms with van der Waals surface area (Å²) in [5.74, 6) is -0.849. The van der Waals surface area contributed by atoms with Gasteiger partial charge >= 0.3 is 5.97 Å². The standard InChI is InChI=1S/C14H15NO4/c1-13(2)15-10(8-19-13)9-6-4-5-7-14(9,11(15)16)12(17)18-3/h4-7H,8H2,1-3H3. The molecular formula is C14H15NO4. The second kappa shape index (κ2) is 3.57. The highest BCUT2D eigenvalue weighted by molar-refractivity contribution is 6.12. The van der Waals surface area contributed by atoms with Crippen LogP contribution in [0.3, 0.4) is 0 Å². The summed E-state index contributed by atoms with van der Waals surface area (Å²) >= 11 is 0. The number of allylic oxidation sites excluding steroid dienone is 3. The largest absolute Gasteiger partial charge is 0.468 e. The molecule has 0 N–H and O–H groups in total. The lowest BCUT2D eigenvalue weighted by Crippen LogP contribution is -2.48. The molecule has 1 atom stereocenters. The lowest BCUT2D eigenvalue weighted by Gasteiger charge is -2.31. The maximum Gasteiger partial charge on any atom is 0.330 e. The van der Waals surface area contributed by atoms with Gasteiger partial charge in [0.15, 0.2) is 5.41 Å². The molecule has 1 fully saturated rings. The second-order valence-corrected chi connectivity index (χ2v) is 5.25. The van der Waals surface area contributed by atoms with Crippen molar-refractivity contribution in [2.75, 3.05) is 13.7 Å². The Kier molecular flexibility index (Phi) is 2.29. The normalized spacial score (nSPS) is 30.7. The first-order chi connectivity index (χ1) is 8.95. The Balaban J connectivity index is 2.23. The van der Waals surface area contributed by atoms with Crippen molar-refractivity contribution >= 4 is 11.9 Å². The summed E-state index contributed by atoms with van der Waals surface area (Å²) in [6.07, 6.45) is 6.91. The third-order valence-corrected chi connectivity index (χ3v) is 3.87. The van der Waals surface area contributed by atoms with Gasteiger partial charge in [-0.05, 0) is 13.8 Å². The molecule has 5 heteroatoms. The van der Waals surface area contributed by atoms with E-state index in [1.54, 1.807) is 23.1 Å². The number of fused-ring (bicyclic) bond motifs is 2. The molecule has 100 valence electrons. The van der Waals surface area contributed by atoms with E-state index in [2.05, 4.69) is 0 Å². The van der Waals surface area contributed by atoms with Crippen LogP contribution in [0.15, 0.2) is 35.6 Å². The molecule has 3 rings (SSSR count). The molecule has 1 amide bonds. The van der Waals surface area contributed by atoms with Crippen molar-refractivity contribution in [2.45, 2.75) is 19.6 Å². The zero-order chi connectivity index (χ0) is 13.8. The first-order valence-corrected chi connectivity index (χ1v) is 6.12. The predicted molar refractivity (Wildman–Crippen MR) is 66.6 cm³/mol. The average Bonchev–Trinajstić information content (AvgIpc) is 2.85. The van der Waals surface area contributed by atoms with Crippen molar-refractivity contribution in [1.29, 1.82) is 0 Å². The Morgan fingerprint density at radius 2 is 2.16 bits per heavy atom. The van der Waals surface area contributed by atoms with E-state index in [9.17, 15) is 9.59 Å². The lowest BCUT2D eigenvalue weighted by molar-refractivity contribution is -0.159. The van der Waals surface area contributed by atoms with Crippen molar-refractivity contribution in [1.82, 2.24) is 4.90 Å². The highest BCUT2D eigenvalue weighted by Crippen LogP contribution is 2.50. The zero-order valence-corrected chi connectivity index (χ0v) is 11.1. The molecule has 2 aliphatic heterocycles. The molecule has 1 saturated heterocycles. The Hall–Kier alpha value is -1.88. The van der Waals surface area contributed by atoms with Crippen LogP contribution in [0.2, 0.25) is 0 Å². The van der Waals surface area contributed by atoms with Crippen LogP contribution in [0.5, 0.6) is 0 Å². The summed E-state index contributed by atoms with van der Waals surface area (Å²) in [6.45, 7) is 3.95. The molecule has 0 aromatic rings. The van der Waals surface area contributed by atoms with E-state index in [-0.39, 0.29) is 5.91 Å². The summed E-state index contributed by atoms with van der Waals surface area (Å²) < 4.78 is 10.5. The molecule has 1 aliphatic carbocycles. The van der Waals surface area contributed by atoms with E-state index in [0.29, 0.717) is 12.2 Å². The van der Waals surface area contributed by atoms with E-state index < -0.39 is 17.1 Å². The number of hydrogen-bond donors (Lipinski definition) is 0. The van der Waals surface area contributed by atoms with E-state index in [4.69, 9.17) is 9.47 Å². The first-order valence-electron chi connectivity index (χ1n) is 6.12. The fraction of sp³-hybridized carbons (Fsp3) is 0.429. The van der Waals surface area contributed by atoms with Gasteiger partial charge in [0.1, 0.15) is 5.72 Å². The molecular weight excluding hydrogens is 246 g/mol. The molecule has 0 radical (unpaired) electrons. The van der Waals surface area contributed by atoms with E-state index in [1.807, 2.05) is 19.9 Å². The summed E-state index contributed by atoms with van der Waals surface area (Å²) in [7, 11) is 1.30. The molecule has 5 nitrogen and oxygen atoms in total. The van der Waals surface area contributed by atoms with Gasteiger partial charge < -0.3 is 9.47 Å². The van der Waals surface area contributed by atoms with Gasteiger partial charge in [0, 0.05) is 5.57 Å². The predicted octanol–water partition coefficient (Wildman–Crippen LogP) is 1.13. The number of methoxy groups -OCH3 is 1. The van der Waals surface area contributed by atoms with Crippen molar-refractivity contribution in [2.24, 2.45) is 5.41 Å². The number of ether oxygens (including phenoxy) is 2. The van der Waals surface area contributed by atoms with Crippen LogP contribution in [0, 0.1) is 5.41 Å². The van der Waals surface area contributed by atoms with E-state index >= 15 is 0 Å². The molecule has 3 aliphatic rings. The minimum absolute atomic E-state index is 0.299. The molecule has 1 unspecified atom stereocenters. The fourth-order valence-corrected chi connectivity index (χ4v) is 2.95. The van der Waals surface area contributed by atoms with Gasteiger partial charge in [-0.1, -0.05) is 24.3 Å². The minimum Gasteiger partial charge on any atom is -0.468 e. The van der Waals surface area contributed by atoms with Crippen LogP contribution in [0.25, 0.3) is 0 Å². The van der Waals surface area contributed by atoms with Crippen molar-refractivity contribution in [3.05, 3.63) is 35.6 Å². The molecule has 0 aromatic carbocycles. The second-order valence-electron chi connectivity index (χ2n) is 5.25. The Bertz CT molecular complexity index is 570. The Labute approximate surface area is 111 Å². The van der Waals surface area contributed by atoms with Gasteiger partial charge in [0.25, 0.3) is 5.91 Å². The average molecular weight is 261 g/mol. The number of rotatable bonds is 1. The van der Waals surface area contributed by atoms with Crippen LogP contribution < -0.4 is 0 Å². The van der Waals surface area contributed by atoms with Gasteiger partial charge in [-0.15, -0.1) is 0 Å². The molecule has 0 spiro atoms. The highest BCUT2D eigenvalue weighted by Gasteiger charge is 2.62. The Morgan fingerprint density at radius 1 is 1.42 bits per heavy atom. The Morgan fingerprint density at radius 3 is 2.84 bits per heavy atom. The number of nitrogens with zero attached hydrogens (tertiary/aromatic N) is 1. The zero-order valence-electron chi connectivity index (χ0n) is 11.1. The number of esters is 1. The van der Waals surface area contributed by atoms with Gasteiger partial charge in [0.05, 0.1) is 19.4 Å². The summed E-state index contributed by atoms with van der Waals surface area (Å²) in [6, 6.07) is 0. The van der Waals surface area contributed by atoms with E-state index in [0.717, 1.165) is 5.70 Å². The third kappa shape index (κ3) is 1.28. The summed E-state index contributed by atoms with van der Waals surface area (Å²) in [5.41, 5.74) is -0.655. The highest BCUT2D eigenvalue weighted by atomic mass is 16.5. The maximum absolute atomic E-state index is 12.8. The van der Waals surface area contributed by atoms with Crippen LogP contribution in [-0.4, -0.2) is 36.2 Å². The number of amides is 1. The van der Waals surface area contributed by atoms with Gasteiger partial charge in [-0.3, -0.25) is 14.5 Å². The molecule has 19 heavy (non-hydrogen) atoms.